The van der Waals surface area contributed by atoms with Gasteiger partial charge in [-0.1, -0.05) is 18.7 Å². The molecule has 0 bridgehead atoms. The molecule has 2 rings (SSSR count). The number of hydrogen-bond acceptors (Lipinski definition) is 5. The van der Waals surface area contributed by atoms with Gasteiger partial charge in [0.1, 0.15) is 4.34 Å². The number of carbonyl (C=O) groups is 2. The van der Waals surface area contributed by atoms with Crippen LogP contribution in [0.25, 0.3) is 0 Å². The predicted molar refractivity (Wildman–Crippen MR) is 79.3 cm³/mol. The van der Waals surface area contributed by atoms with Crippen molar-refractivity contribution in [1.82, 2.24) is 10.3 Å². The summed E-state index contributed by atoms with van der Waals surface area (Å²) < 4.78 is 0.983. The van der Waals surface area contributed by atoms with Gasteiger partial charge in [-0.15, -0.1) is 11.3 Å². The summed E-state index contributed by atoms with van der Waals surface area (Å²) in [5, 5.41) is 11.8. The fourth-order valence-electron chi connectivity index (χ4n) is 1.84. The van der Waals surface area contributed by atoms with Crippen LogP contribution in [0.3, 0.4) is 0 Å². The van der Waals surface area contributed by atoms with Gasteiger partial charge in [0.05, 0.1) is 17.5 Å². The number of aliphatic carboxylic acids is 1. The van der Waals surface area contributed by atoms with E-state index in [9.17, 15) is 9.59 Å². The number of aromatic nitrogens is 1. The number of carboxylic acids is 1. The summed E-state index contributed by atoms with van der Waals surface area (Å²) in [4.78, 5) is 28.3. The first kappa shape index (κ1) is 15.3. The summed E-state index contributed by atoms with van der Waals surface area (Å²) in [6.45, 7) is 4.20. The van der Waals surface area contributed by atoms with Gasteiger partial charge in [-0.05, 0) is 25.5 Å². The highest BCUT2D eigenvalue weighted by molar-refractivity contribution is 8.01. The van der Waals surface area contributed by atoms with Gasteiger partial charge in [0, 0.05) is 11.4 Å². The van der Waals surface area contributed by atoms with Crippen LogP contribution in [0.5, 0.6) is 0 Å². The minimum Gasteiger partial charge on any atom is -0.481 e. The number of nitrogens with one attached hydrogen (secondary N) is 1. The van der Waals surface area contributed by atoms with Crippen molar-refractivity contribution in [1.29, 1.82) is 0 Å². The van der Waals surface area contributed by atoms with Crippen LogP contribution in [-0.2, 0) is 16.0 Å². The zero-order chi connectivity index (χ0) is 14.8. The van der Waals surface area contributed by atoms with Crippen molar-refractivity contribution in [3.8, 4) is 0 Å². The summed E-state index contributed by atoms with van der Waals surface area (Å²) >= 11 is 3.21. The van der Waals surface area contributed by atoms with Gasteiger partial charge < -0.3 is 10.4 Å². The van der Waals surface area contributed by atoms with Crippen molar-refractivity contribution in [3.05, 3.63) is 10.6 Å². The van der Waals surface area contributed by atoms with E-state index in [-0.39, 0.29) is 18.9 Å². The second kappa shape index (κ2) is 6.13. The number of hydrogen-bond donors (Lipinski definition) is 2. The number of carbonyl (C=O) groups excluding carboxylic acids is 1. The molecule has 0 unspecified atom stereocenters. The number of carboxylic acid groups (broad SMARTS) is 1. The van der Waals surface area contributed by atoms with Crippen LogP contribution < -0.4 is 5.32 Å². The molecule has 110 valence electrons. The van der Waals surface area contributed by atoms with Crippen molar-refractivity contribution in [2.45, 2.75) is 37.4 Å². The molecule has 1 aliphatic rings. The van der Waals surface area contributed by atoms with Gasteiger partial charge in [-0.3, -0.25) is 9.59 Å². The maximum absolute atomic E-state index is 11.9. The lowest BCUT2D eigenvalue weighted by atomic mass is 10.1. The molecular formula is C13H18N2O3S2. The van der Waals surface area contributed by atoms with Crippen molar-refractivity contribution in [2.75, 3.05) is 12.3 Å². The smallest absolute Gasteiger partial charge is 0.311 e. The molecular weight excluding hydrogens is 296 g/mol. The third kappa shape index (κ3) is 3.52. The third-order valence-corrected chi connectivity index (χ3v) is 5.58. The van der Waals surface area contributed by atoms with Crippen LogP contribution in [0.2, 0.25) is 0 Å². The van der Waals surface area contributed by atoms with Crippen LogP contribution >= 0.6 is 23.1 Å². The first-order valence-corrected chi connectivity index (χ1v) is 8.36. The molecule has 1 heterocycles. The molecule has 5 nitrogen and oxygen atoms in total. The Labute approximate surface area is 126 Å². The molecule has 0 spiro atoms. The number of nitrogens with zero attached hydrogens (tertiary/aromatic N) is 1. The second-order valence-electron chi connectivity index (χ2n) is 4.96. The quantitative estimate of drug-likeness (QED) is 0.753. The Balaban J connectivity index is 1.87. The molecule has 0 aromatic carbocycles. The molecule has 20 heavy (non-hydrogen) atoms. The first-order valence-electron chi connectivity index (χ1n) is 6.56. The second-order valence-corrected chi connectivity index (χ2v) is 7.56. The van der Waals surface area contributed by atoms with Crippen molar-refractivity contribution < 1.29 is 14.7 Å². The van der Waals surface area contributed by atoms with Crippen LogP contribution in [0.4, 0.5) is 0 Å². The van der Waals surface area contributed by atoms with E-state index in [2.05, 4.69) is 17.2 Å². The molecule has 1 aliphatic carbocycles. The standard InChI is InChI=1S/C13H18N2O3S2/c1-3-19-12-15-8(2)9(20-12)6-10(16)14-7-13(4-5-13)11(17)18/h3-7H2,1-2H3,(H,14,16)(H,17,18). The van der Waals surface area contributed by atoms with Crippen molar-refractivity contribution in [3.63, 3.8) is 0 Å². The highest BCUT2D eigenvalue weighted by Crippen LogP contribution is 2.45. The SMILES string of the molecule is CCSc1nc(C)c(CC(=O)NCC2(C(=O)O)CC2)s1. The molecule has 1 saturated carbocycles. The molecule has 1 aromatic heterocycles. The van der Waals surface area contributed by atoms with Crippen molar-refractivity contribution >= 4 is 35.0 Å². The number of thiazole rings is 1. The highest BCUT2D eigenvalue weighted by Gasteiger charge is 2.50. The average Bonchev–Trinajstić information content (AvgIpc) is 3.10. The highest BCUT2D eigenvalue weighted by atomic mass is 32.2. The number of rotatable bonds is 7. The zero-order valence-electron chi connectivity index (χ0n) is 11.6. The first-order chi connectivity index (χ1) is 9.47. The zero-order valence-corrected chi connectivity index (χ0v) is 13.2. The molecule has 1 fully saturated rings. The van der Waals surface area contributed by atoms with Gasteiger partial charge in [-0.2, -0.15) is 0 Å². The van der Waals surface area contributed by atoms with E-state index in [0.717, 1.165) is 20.7 Å². The van der Waals surface area contributed by atoms with Gasteiger partial charge in [0.25, 0.3) is 0 Å². The molecule has 0 atom stereocenters. The van der Waals surface area contributed by atoms with E-state index in [0.29, 0.717) is 12.8 Å². The predicted octanol–water partition coefficient (Wildman–Crippen LogP) is 2.09. The Morgan fingerprint density at radius 2 is 2.20 bits per heavy atom. The molecule has 1 aromatic rings. The molecule has 1 amide bonds. The monoisotopic (exact) mass is 314 g/mol. The van der Waals surface area contributed by atoms with E-state index in [1.807, 2.05) is 6.92 Å². The number of thioether (sulfide) groups is 1. The van der Waals surface area contributed by atoms with Crippen LogP contribution in [0, 0.1) is 12.3 Å². The summed E-state index contributed by atoms with van der Waals surface area (Å²) in [6, 6.07) is 0. The van der Waals surface area contributed by atoms with Gasteiger partial charge >= 0.3 is 5.97 Å². The molecule has 2 N–H and O–H groups in total. The van der Waals surface area contributed by atoms with E-state index in [1.165, 1.54) is 0 Å². The largest absolute Gasteiger partial charge is 0.481 e. The average molecular weight is 314 g/mol. The lowest BCUT2D eigenvalue weighted by molar-refractivity contribution is -0.143. The van der Waals surface area contributed by atoms with Gasteiger partial charge in [0.2, 0.25) is 5.91 Å². The van der Waals surface area contributed by atoms with E-state index in [1.54, 1.807) is 23.1 Å². The summed E-state index contributed by atoms with van der Waals surface area (Å²) in [6.07, 6.45) is 1.59. The fraction of sp³-hybridized carbons (Fsp3) is 0.615. The van der Waals surface area contributed by atoms with E-state index in [4.69, 9.17) is 5.11 Å². The minimum absolute atomic E-state index is 0.127. The van der Waals surface area contributed by atoms with Crippen LogP contribution in [0.1, 0.15) is 30.3 Å². The Bertz CT molecular complexity index is 524. The lowest BCUT2D eigenvalue weighted by Crippen LogP contribution is -2.35. The summed E-state index contributed by atoms with van der Waals surface area (Å²) in [7, 11) is 0. The van der Waals surface area contributed by atoms with Gasteiger partial charge in [0.15, 0.2) is 0 Å². The summed E-state index contributed by atoms with van der Waals surface area (Å²) in [5.74, 6) is 0.0189. The fourth-order valence-corrected chi connectivity index (χ4v) is 3.97. The van der Waals surface area contributed by atoms with Crippen LogP contribution in [0.15, 0.2) is 4.34 Å². The van der Waals surface area contributed by atoms with Crippen molar-refractivity contribution in [2.24, 2.45) is 5.41 Å². The Morgan fingerprint density at radius 1 is 1.50 bits per heavy atom. The summed E-state index contributed by atoms with van der Waals surface area (Å²) in [5.41, 5.74) is 0.183. The topological polar surface area (TPSA) is 79.3 Å². The molecule has 0 aliphatic heterocycles. The molecule has 0 saturated heterocycles. The maximum Gasteiger partial charge on any atom is 0.311 e. The Kier molecular flexibility index (Phi) is 4.70. The number of aryl methyl sites for hydroxylation is 1. The van der Waals surface area contributed by atoms with Gasteiger partial charge in [-0.25, -0.2) is 4.98 Å². The third-order valence-electron chi connectivity index (χ3n) is 3.39. The number of amides is 1. The normalized spacial score (nSPS) is 15.9. The van der Waals surface area contributed by atoms with Crippen LogP contribution in [-0.4, -0.2) is 34.3 Å². The van der Waals surface area contributed by atoms with E-state index >= 15 is 0 Å². The molecule has 0 radical (unpaired) electrons. The Hall–Kier alpha value is -1.08. The molecule has 7 heteroatoms. The Morgan fingerprint density at radius 3 is 2.75 bits per heavy atom. The minimum atomic E-state index is -0.812. The lowest BCUT2D eigenvalue weighted by Gasteiger charge is -2.10. The van der Waals surface area contributed by atoms with E-state index < -0.39 is 11.4 Å². The maximum atomic E-state index is 11.9.